The molecule has 0 aromatic rings. The molecular weight excluding hydrogens is 172 g/mol. The highest BCUT2D eigenvalue weighted by atomic mass is 32.2. The Balaban J connectivity index is 3.14. The van der Waals surface area contributed by atoms with Gasteiger partial charge in [0.25, 0.3) is 0 Å². The van der Waals surface area contributed by atoms with E-state index in [1.54, 1.807) is 0 Å². The lowest BCUT2D eigenvalue weighted by Crippen LogP contribution is -2.21. The van der Waals surface area contributed by atoms with E-state index in [1.807, 2.05) is 0 Å². The Morgan fingerprint density at radius 2 is 2.27 bits per heavy atom. The van der Waals surface area contributed by atoms with Crippen molar-refractivity contribution in [2.24, 2.45) is 0 Å². The SMILES string of the molecule is CNC(=O)OSNCC(=O)O. The van der Waals surface area contributed by atoms with Crippen molar-refractivity contribution >= 4 is 24.3 Å². The van der Waals surface area contributed by atoms with Gasteiger partial charge in [-0.25, -0.2) is 9.52 Å². The van der Waals surface area contributed by atoms with Crippen LogP contribution in [0.25, 0.3) is 0 Å². The summed E-state index contributed by atoms with van der Waals surface area (Å²) in [6.07, 6.45) is -0.632. The van der Waals surface area contributed by atoms with Gasteiger partial charge in [-0.15, -0.1) is 0 Å². The lowest BCUT2D eigenvalue weighted by Gasteiger charge is -1.99. The smallest absolute Gasteiger partial charge is 0.420 e. The second-order valence-electron chi connectivity index (χ2n) is 1.42. The summed E-state index contributed by atoms with van der Waals surface area (Å²) in [5.74, 6) is -1.02. The summed E-state index contributed by atoms with van der Waals surface area (Å²) < 4.78 is 6.62. The largest absolute Gasteiger partial charge is 0.480 e. The van der Waals surface area contributed by atoms with Gasteiger partial charge in [0.2, 0.25) is 0 Å². The minimum absolute atomic E-state index is 0.262. The summed E-state index contributed by atoms with van der Waals surface area (Å²) in [6.45, 7) is -0.262. The van der Waals surface area contributed by atoms with E-state index in [-0.39, 0.29) is 6.54 Å². The highest BCUT2D eigenvalue weighted by molar-refractivity contribution is 7.93. The van der Waals surface area contributed by atoms with E-state index in [4.69, 9.17) is 5.11 Å². The summed E-state index contributed by atoms with van der Waals surface area (Å²) in [7, 11) is 1.40. The first-order valence-electron chi connectivity index (χ1n) is 2.66. The number of aliphatic carboxylic acids is 1. The van der Waals surface area contributed by atoms with Gasteiger partial charge in [-0.3, -0.25) is 4.79 Å². The van der Waals surface area contributed by atoms with Gasteiger partial charge < -0.3 is 14.6 Å². The number of rotatable bonds is 4. The third-order valence-corrected chi connectivity index (χ3v) is 1.10. The number of amides is 1. The molecule has 0 unspecified atom stereocenters. The molecular formula is C4H8N2O4S. The van der Waals surface area contributed by atoms with Crippen LogP contribution < -0.4 is 10.0 Å². The number of carboxylic acids is 1. The molecule has 0 aliphatic rings. The second kappa shape index (κ2) is 5.81. The number of carboxylic acid groups (broad SMARTS) is 1. The standard InChI is InChI=1S/C4H8N2O4S/c1-5-4(9)10-11-6-2-3(7)8/h6H,2H2,1H3,(H,5,9)(H,7,8). The highest BCUT2D eigenvalue weighted by Crippen LogP contribution is 1.94. The first kappa shape index (κ1) is 10.0. The molecule has 64 valence electrons. The Morgan fingerprint density at radius 1 is 1.64 bits per heavy atom. The minimum atomic E-state index is -1.02. The third kappa shape index (κ3) is 6.94. The summed E-state index contributed by atoms with van der Waals surface area (Å²) in [4.78, 5) is 20.2. The molecule has 0 radical (unpaired) electrons. The van der Waals surface area contributed by atoms with Crippen molar-refractivity contribution in [2.45, 2.75) is 0 Å². The molecule has 0 spiro atoms. The second-order valence-corrected chi connectivity index (χ2v) is 2.04. The van der Waals surface area contributed by atoms with Gasteiger partial charge in [-0.2, -0.15) is 0 Å². The van der Waals surface area contributed by atoms with Crippen molar-refractivity contribution < 1.29 is 18.9 Å². The average molecular weight is 180 g/mol. The molecule has 11 heavy (non-hydrogen) atoms. The zero-order chi connectivity index (χ0) is 8.69. The molecule has 0 heterocycles. The molecule has 0 fully saturated rings. The molecule has 6 nitrogen and oxygen atoms in total. The van der Waals surface area contributed by atoms with Crippen LogP contribution in [0.15, 0.2) is 0 Å². The van der Waals surface area contributed by atoms with Gasteiger partial charge >= 0.3 is 12.1 Å². The predicted octanol–water partition coefficient (Wildman–Crippen LogP) is -0.420. The van der Waals surface area contributed by atoms with Gasteiger partial charge in [0.15, 0.2) is 0 Å². The van der Waals surface area contributed by atoms with E-state index < -0.39 is 12.1 Å². The predicted molar refractivity (Wildman–Crippen MR) is 38.8 cm³/mol. The van der Waals surface area contributed by atoms with Gasteiger partial charge in [0, 0.05) is 7.05 Å². The van der Waals surface area contributed by atoms with Crippen LogP contribution in [-0.4, -0.2) is 30.8 Å². The quantitative estimate of drug-likeness (QED) is 0.309. The molecule has 0 bridgehead atoms. The molecule has 3 N–H and O–H groups in total. The molecule has 0 rings (SSSR count). The third-order valence-electron chi connectivity index (χ3n) is 0.604. The van der Waals surface area contributed by atoms with Crippen LogP contribution in [-0.2, 0) is 8.98 Å². The maximum atomic E-state index is 10.3. The normalized spacial score (nSPS) is 8.82. The van der Waals surface area contributed by atoms with E-state index >= 15 is 0 Å². The molecule has 0 aromatic heterocycles. The lowest BCUT2D eigenvalue weighted by molar-refractivity contribution is -0.135. The molecule has 0 saturated heterocycles. The minimum Gasteiger partial charge on any atom is -0.480 e. The fourth-order valence-corrected chi connectivity index (χ4v) is 0.601. The van der Waals surface area contributed by atoms with Gasteiger partial charge in [-0.1, -0.05) is 0 Å². The molecule has 0 saturated carbocycles. The number of nitrogens with one attached hydrogen (secondary N) is 2. The summed E-state index contributed by atoms with van der Waals surface area (Å²) >= 11 is 0.571. The van der Waals surface area contributed by atoms with Crippen molar-refractivity contribution in [3.8, 4) is 0 Å². The van der Waals surface area contributed by atoms with Crippen molar-refractivity contribution in [3.05, 3.63) is 0 Å². The van der Waals surface area contributed by atoms with E-state index in [2.05, 4.69) is 14.2 Å². The van der Waals surface area contributed by atoms with Gasteiger partial charge in [-0.05, 0) is 0 Å². The number of carbonyl (C=O) groups excluding carboxylic acids is 1. The summed E-state index contributed by atoms with van der Waals surface area (Å²) in [5.41, 5.74) is 0. The van der Waals surface area contributed by atoms with Crippen LogP contribution in [0, 0.1) is 0 Å². The van der Waals surface area contributed by atoms with Crippen molar-refractivity contribution in [2.75, 3.05) is 13.6 Å². The number of carbonyl (C=O) groups is 2. The van der Waals surface area contributed by atoms with E-state index in [0.29, 0.717) is 12.2 Å². The zero-order valence-corrected chi connectivity index (χ0v) is 6.60. The Kier molecular flexibility index (Phi) is 5.30. The Hall–Kier alpha value is -0.950. The molecule has 7 heteroatoms. The van der Waals surface area contributed by atoms with Crippen LogP contribution in [0.3, 0.4) is 0 Å². The molecule has 0 aliphatic carbocycles. The molecule has 0 aliphatic heterocycles. The number of hydrogen-bond acceptors (Lipinski definition) is 5. The van der Waals surface area contributed by atoms with Crippen molar-refractivity contribution in [3.63, 3.8) is 0 Å². The van der Waals surface area contributed by atoms with E-state index in [0.717, 1.165) is 0 Å². The summed E-state index contributed by atoms with van der Waals surface area (Å²) in [5, 5.41) is 10.3. The highest BCUT2D eigenvalue weighted by Gasteiger charge is 1.99. The molecule has 0 atom stereocenters. The Bertz CT molecular complexity index is 151. The monoisotopic (exact) mass is 180 g/mol. The lowest BCUT2D eigenvalue weighted by atomic mass is 10.7. The van der Waals surface area contributed by atoms with Gasteiger partial charge in [0.05, 0.1) is 0 Å². The topological polar surface area (TPSA) is 87.7 Å². The van der Waals surface area contributed by atoms with Crippen LogP contribution in [0.2, 0.25) is 0 Å². The van der Waals surface area contributed by atoms with Crippen LogP contribution in [0.1, 0.15) is 0 Å². The Labute approximate surface area is 67.6 Å². The zero-order valence-electron chi connectivity index (χ0n) is 5.79. The summed E-state index contributed by atoms with van der Waals surface area (Å²) in [6, 6.07) is 0. The van der Waals surface area contributed by atoms with Crippen molar-refractivity contribution in [1.29, 1.82) is 0 Å². The van der Waals surface area contributed by atoms with Crippen LogP contribution >= 0.6 is 12.2 Å². The van der Waals surface area contributed by atoms with Crippen molar-refractivity contribution in [1.82, 2.24) is 10.0 Å². The van der Waals surface area contributed by atoms with Crippen LogP contribution in [0.5, 0.6) is 0 Å². The maximum Gasteiger partial charge on any atom is 0.420 e. The number of hydrogen-bond donors (Lipinski definition) is 3. The molecule has 0 aromatic carbocycles. The van der Waals surface area contributed by atoms with E-state index in [9.17, 15) is 9.59 Å². The fraction of sp³-hybridized carbons (Fsp3) is 0.500. The fourth-order valence-electron chi connectivity index (χ4n) is 0.200. The Morgan fingerprint density at radius 3 is 2.73 bits per heavy atom. The maximum absolute atomic E-state index is 10.3. The van der Waals surface area contributed by atoms with Crippen LogP contribution in [0.4, 0.5) is 4.79 Å². The van der Waals surface area contributed by atoms with Gasteiger partial charge in [0.1, 0.15) is 18.8 Å². The first-order chi connectivity index (χ1) is 5.16. The average Bonchev–Trinajstić information content (AvgIpc) is 1.97. The first-order valence-corrected chi connectivity index (χ1v) is 3.41. The molecule has 1 amide bonds. The van der Waals surface area contributed by atoms with E-state index in [1.165, 1.54) is 7.05 Å².